The number of piperazine rings is 1. The number of anilines is 1. The van der Waals surface area contributed by atoms with Crippen LogP contribution in [0.5, 0.6) is 5.75 Å². The smallest absolute Gasteiger partial charge is 0.167 e. The van der Waals surface area contributed by atoms with Gasteiger partial charge in [-0.1, -0.05) is 0 Å². The Morgan fingerprint density at radius 1 is 1.03 bits per heavy atom. The molecule has 6 heterocycles. The molecule has 0 radical (unpaired) electrons. The van der Waals surface area contributed by atoms with Gasteiger partial charge >= 0.3 is 0 Å². The SMILES string of the molecule is COc1cc2c(-c3cnn4cc(N5CCC(N6CC7C6CN7C)CC5)cnc34)ccnc2cc1F. The number of rotatable bonds is 4. The van der Waals surface area contributed by atoms with Gasteiger partial charge in [-0.25, -0.2) is 13.9 Å². The van der Waals surface area contributed by atoms with Gasteiger partial charge in [0.25, 0.3) is 0 Å². The molecule has 8 nitrogen and oxygen atoms in total. The highest BCUT2D eigenvalue weighted by Gasteiger charge is 2.51. The van der Waals surface area contributed by atoms with Crippen molar-refractivity contribution in [2.45, 2.75) is 31.0 Å². The van der Waals surface area contributed by atoms with Crippen molar-refractivity contribution in [2.24, 2.45) is 0 Å². The molecule has 4 aromatic rings. The van der Waals surface area contributed by atoms with Gasteiger partial charge in [-0.05, 0) is 37.6 Å². The molecule has 0 bridgehead atoms. The van der Waals surface area contributed by atoms with Crippen LogP contribution >= 0.6 is 0 Å². The lowest BCUT2D eigenvalue weighted by Crippen LogP contribution is -2.79. The molecular weight excluding hydrogens is 445 g/mol. The van der Waals surface area contributed by atoms with E-state index >= 15 is 0 Å². The Morgan fingerprint density at radius 3 is 2.63 bits per heavy atom. The van der Waals surface area contributed by atoms with E-state index in [-0.39, 0.29) is 5.75 Å². The van der Waals surface area contributed by atoms with E-state index in [2.05, 4.69) is 38.0 Å². The maximum atomic E-state index is 14.2. The monoisotopic (exact) mass is 473 g/mol. The Labute approximate surface area is 202 Å². The average Bonchev–Trinajstić information content (AvgIpc) is 3.29. The van der Waals surface area contributed by atoms with Crippen LogP contribution in [0.4, 0.5) is 10.1 Å². The fourth-order valence-electron chi connectivity index (χ4n) is 6.14. The van der Waals surface area contributed by atoms with Crippen LogP contribution in [0.15, 0.2) is 43.0 Å². The van der Waals surface area contributed by atoms with Crippen molar-refractivity contribution in [3.63, 3.8) is 0 Å². The Bertz CT molecular complexity index is 1430. The molecule has 1 aromatic carbocycles. The molecule has 0 aliphatic carbocycles. The molecule has 180 valence electrons. The third-order valence-electron chi connectivity index (χ3n) is 8.26. The number of fused-ring (bicyclic) bond motifs is 3. The summed E-state index contributed by atoms with van der Waals surface area (Å²) in [5.74, 6) is -0.232. The predicted octanol–water partition coefficient (Wildman–Crippen LogP) is 3.06. The molecule has 0 N–H and O–H groups in total. The standard InChI is InChI=1S/C26H28FN7O/c1-31-14-24-23(31)15-33(24)16-4-7-32(8-5-16)17-11-29-26-20(12-30-34(26)13-17)18-3-6-28-22-10-21(27)25(35-2)9-19(18)22/h3,6,9-13,16,23-24H,4-5,7-8,14-15H2,1-2H3. The van der Waals surface area contributed by atoms with E-state index in [0.717, 1.165) is 53.0 Å². The lowest BCUT2D eigenvalue weighted by atomic mass is 9.83. The molecule has 3 aromatic heterocycles. The summed E-state index contributed by atoms with van der Waals surface area (Å²) in [6.07, 6.45) is 9.90. The van der Waals surface area contributed by atoms with Crippen LogP contribution in [0, 0.1) is 5.82 Å². The van der Waals surface area contributed by atoms with Gasteiger partial charge in [-0.3, -0.25) is 14.8 Å². The molecule has 9 heteroatoms. The van der Waals surface area contributed by atoms with E-state index in [1.165, 1.54) is 39.1 Å². The first-order chi connectivity index (χ1) is 17.1. The van der Waals surface area contributed by atoms with Gasteiger partial charge in [0.1, 0.15) is 0 Å². The van der Waals surface area contributed by atoms with Crippen LogP contribution in [0.2, 0.25) is 0 Å². The number of piperidine rings is 1. The lowest BCUT2D eigenvalue weighted by molar-refractivity contribution is -0.134. The van der Waals surface area contributed by atoms with Crippen LogP contribution in [0.3, 0.4) is 0 Å². The summed E-state index contributed by atoms with van der Waals surface area (Å²) in [5, 5.41) is 5.41. The summed E-state index contributed by atoms with van der Waals surface area (Å²) in [7, 11) is 3.70. The maximum Gasteiger partial charge on any atom is 0.167 e. The molecule has 3 saturated heterocycles. The number of aromatic nitrogens is 4. The lowest BCUT2D eigenvalue weighted by Gasteiger charge is -2.64. The van der Waals surface area contributed by atoms with Gasteiger partial charge in [0.15, 0.2) is 17.2 Å². The summed E-state index contributed by atoms with van der Waals surface area (Å²) in [5.41, 5.74) is 4.22. The van der Waals surface area contributed by atoms with Gasteiger partial charge in [0, 0.05) is 67.5 Å². The van der Waals surface area contributed by atoms with Gasteiger partial charge in [-0.2, -0.15) is 5.10 Å². The van der Waals surface area contributed by atoms with Crippen LogP contribution in [-0.4, -0.2) is 87.8 Å². The number of ether oxygens (including phenoxy) is 1. The van der Waals surface area contributed by atoms with Crippen LogP contribution in [-0.2, 0) is 0 Å². The number of methoxy groups -OCH3 is 1. The van der Waals surface area contributed by atoms with Crippen molar-refractivity contribution in [2.75, 3.05) is 45.2 Å². The normalized spacial score (nSPS) is 23.3. The minimum Gasteiger partial charge on any atom is -0.494 e. The van der Waals surface area contributed by atoms with Crippen molar-refractivity contribution >= 4 is 22.2 Å². The van der Waals surface area contributed by atoms with E-state index in [9.17, 15) is 4.39 Å². The Hall–Kier alpha value is -3.30. The second-order valence-electron chi connectivity index (χ2n) is 9.99. The quantitative estimate of drug-likeness (QED) is 0.452. The van der Waals surface area contributed by atoms with Gasteiger partial charge < -0.3 is 9.64 Å². The minimum absolute atomic E-state index is 0.194. The number of benzene rings is 1. The number of halogens is 1. The zero-order chi connectivity index (χ0) is 23.7. The van der Waals surface area contributed by atoms with Gasteiger partial charge in [0.05, 0.1) is 36.9 Å². The third-order valence-corrected chi connectivity index (χ3v) is 8.26. The molecule has 0 saturated carbocycles. The molecule has 3 fully saturated rings. The molecule has 2 atom stereocenters. The molecule has 0 spiro atoms. The molecule has 0 amide bonds. The second-order valence-corrected chi connectivity index (χ2v) is 9.99. The third kappa shape index (κ3) is 3.21. The Balaban J connectivity index is 1.14. The fraction of sp³-hybridized carbons (Fsp3) is 0.423. The van der Waals surface area contributed by atoms with Crippen LogP contribution in [0.1, 0.15) is 12.8 Å². The molecule has 35 heavy (non-hydrogen) atoms. The summed E-state index contributed by atoms with van der Waals surface area (Å²) in [4.78, 5) is 16.7. The zero-order valence-electron chi connectivity index (χ0n) is 19.9. The number of nitrogens with zero attached hydrogens (tertiary/aromatic N) is 7. The number of hydrogen-bond acceptors (Lipinski definition) is 7. The molecular formula is C26H28FN7O. The largest absolute Gasteiger partial charge is 0.494 e. The maximum absolute atomic E-state index is 14.2. The van der Waals surface area contributed by atoms with Gasteiger partial charge in [-0.15, -0.1) is 0 Å². The van der Waals surface area contributed by atoms with E-state index in [1.807, 2.05) is 23.0 Å². The second kappa shape index (κ2) is 7.86. The van der Waals surface area contributed by atoms with Crippen molar-refractivity contribution in [1.82, 2.24) is 29.4 Å². The number of likely N-dealkylation sites (N-methyl/N-ethyl adjacent to an activating group) is 1. The first kappa shape index (κ1) is 21.0. The van der Waals surface area contributed by atoms with Crippen molar-refractivity contribution < 1.29 is 9.13 Å². The summed E-state index contributed by atoms with van der Waals surface area (Å²) >= 11 is 0. The highest BCUT2D eigenvalue weighted by atomic mass is 19.1. The minimum atomic E-state index is -0.426. The average molecular weight is 474 g/mol. The highest BCUT2D eigenvalue weighted by molar-refractivity contribution is 5.98. The summed E-state index contributed by atoms with van der Waals surface area (Å²) < 4.78 is 21.3. The van der Waals surface area contributed by atoms with Crippen LogP contribution in [0.25, 0.3) is 27.7 Å². The first-order valence-corrected chi connectivity index (χ1v) is 12.3. The van der Waals surface area contributed by atoms with E-state index in [0.29, 0.717) is 11.6 Å². The molecule has 7 rings (SSSR count). The van der Waals surface area contributed by atoms with Crippen LogP contribution < -0.4 is 9.64 Å². The Kier molecular flexibility index (Phi) is 4.72. The summed E-state index contributed by atoms with van der Waals surface area (Å²) in [6, 6.07) is 7.30. The molecule has 3 aliphatic heterocycles. The van der Waals surface area contributed by atoms with Gasteiger partial charge in [0.2, 0.25) is 0 Å². The highest BCUT2D eigenvalue weighted by Crippen LogP contribution is 2.37. The molecule has 2 unspecified atom stereocenters. The number of hydrogen-bond donors (Lipinski definition) is 0. The summed E-state index contributed by atoms with van der Waals surface area (Å²) in [6.45, 7) is 4.53. The van der Waals surface area contributed by atoms with E-state index in [1.54, 1.807) is 12.3 Å². The Morgan fingerprint density at radius 2 is 1.89 bits per heavy atom. The van der Waals surface area contributed by atoms with Crippen molar-refractivity contribution in [3.05, 3.63) is 48.8 Å². The number of pyridine rings is 1. The fourth-order valence-corrected chi connectivity index (χ4v) is 6.14. The zero-order valence-corrected chi connectivity index (χ0v) is 19.9. The van der Waals surface area contributed by atoms with E-state index < -0.39 is 5.82 Å². The van der Waals surface area contributed by atoms with E-state index in [4.69, 9.17) is 9.72 Å². The molecule has 3 aliphatic rings. The predicted molar refractivity (Wildman–Crippen MR) is 132 cm³/mol. The number of likely N-dealkylation sites (tertiary alicyclic amines) is 2. The van der Waals surface area contributed by atoms with Crippen molar-refractivity contribution in [3.8, 4) is 16.9 Å². The van der Waals surface area contributed by atoms with Crippen molar-refractivity contribution in [1.29, 1.82) is 0 Å². The first-order valence-electron chi connectivity index (χ1n) is 12.3. The topological polar surface area (TPSA) is 62.0 Å².